The molecular formula is C25H25F3N4O2. The molecule has 2 heterocycles. The molecule has 0 spiro atoms. The molecule has 1 saturated heterocycles. The monoisotopic (exact) mass is 470 g/mol. The smallest absolute Gasteiger partial charge is 0.406 e. The Morgan fingerprint density at radius 2 is 1.85 bits per heavy atom. The van der Waals surface area contributed by atoms with Gasteiger partial charge in [-0.25, -0.2) is 4.98 Å². The first-order chi connectivity index (χ1) is 16.3. The van der Waals surface area contributed by atoms with Crippen LogP contribution < -0.4 is 20.3 Å². The van der Waals surface area contributed by atoms with Crippen LogP contribution in [0.25, 0.3) is 11.1 Å². The van der Waals surface area contributed by atoms with E-state index in [0.717, 1.165) is 49.5 Å². The molecule has 6 nitrogen and oxygen atoms in total. The number of carbonyl (C=O) groups excluding carboxylic acids is 1. The van der Waals surface area contributed by atoms with Gasteiger partial charge in [-0.1, -0.05) is 24.3 Å². The van der Waals surface area contributed by atoms with E-state index < -0.39 is 6.36 Å². The number of pyridine rings is 1. The summed E-state index contributed by atoms with van der Waals surface area (Å²) in [5, 5.41) is 6.26. The molecule has 0 unspecified atom stereocenters. The lowest BCUT2D eigenvalue weighted by Crippen LogP contribution is -2.28. The Labute approximate surface area is 195 Å². The predicted molar refractivity (Wildman–Crippen MR) is 125 cm³/mol. The summed E-state index contributed by atoms with van der Waals surface area (Å²) in [6, 6.07) is 14.7. The third-order valence-corrected chi connectivity index (χ3v) is 5.66. The lowest BCUT2D eigenvalue weighted by molar-refractivity contribution is -0.274. The van der Waals surface area contributed by atoms with Crippen LogP contribution in [-0.4, -0.2) is 43.4 Å². The highest BCUT2D eigenvalue weighted by molar-refractivity contribution is 6.05. The molecule has 0 radical (unpaired) electrons. The number of anilines is 2. The van der Waals surface area contributed by atoms with E-state index in [1.54, 1.807) is 36.5 Å². The topological polar surface area (TPSA) is 66.5 Å². The summed E-state index contributed by atoms with van der Waals surface area (Å²) >= 11 is 0. The first kappa shape index (κ1) is 23.6. The van der Waals surface area contributed by atoms with E-state index in [9.17, 15) is 18.0 Å². The Balaban J connectivity index is 1.47. The molecule has 0 atom stereocenters. The molecule has 1 fully saturated rings. The molecule has 0 saturated carbocycles. The van der Waals surface area contributed by atoms with E-state index in [0.29, 0.717) is 16.8 Å². The fourth-order valence-electron chi connectivity index (χ4n) is 3.90. The Morgan fingerprint density at radius 3 is 2.56 bits per heavy atom. The molecule has 0 aliphatic carbocycles. The average Bonchev–Trinajstić information content (AvgIpc) is 3.10. The molecule has 9 heteroatoms. The number of benzene rings is 2. The Morgan fingerprint density at radius 1 is 1.06 bits per heavy atom. The number of hydrogen-bond donors (Lipinski definition) is 2. The normalized spacial score (nSPS) is 14.4. The SMILES string of the molecule is Cc1c(NC(=O)c2ccc(N3CCCNCC3)nc2)cccc1-c1ccc(OC(F)(F)F)cc1. The molecule has 34 heavy (non-hydrogen) atoms. The predicted octanol–water partition coefficient (Wildman–Crippen LogP) is 5.01. The van der Waals surface area contributed by atoms with Crippen molar-refractivity contribution >= 4 is 17.4 Å². The summed E-state index contributed by atoms with van der Waals surface area (Å²) < 4.78 is 41.1. The first-order valence-corrected chi connectivity index (χ1v) is 11.0. The quantitative estimate of drug-likeness (QED) is 0.549. The molecular weight excluding hydrogens is 445 g/mol. The fraction of sp³-hybridized carbons (Fsp3) is 0.280. The third kappa shape index (κ3) is 5.85. The van der Waals surface area contributed by atoms with Crippen molar-refractivity contribution in [3.8, 4) is 16.9 Å². The number of halogens is 3. The number of nitrogens with zero attached hydrogens (tertiary/aromatic N) is 2. The van der Waals surface area contributed by atoms with Crippen molar-refractivity contribution in [3.63, 3.8) is 0 Å². The highest BCUT2D eigenvalue weighted by Crippen LogP contribution is 2.31. The number of ether oxygens (including phenoxy) is 1. The molecule has 0 bridgehead atoms. The highest BCUT2D eigenvalue weighted by Gasteiger charge is 2.31. The van der Waals surface area contributed by atoms with Crippen LogP contribution in [-0.2, 0) is 0 Å². The second-order valence-electron chi connectivity index (χ2n) is 8.00. The van der Waals surface area contributed by atoms with Crippen LogP contribution >= 0.6 is 0 Å². The van der Waals surface area contributed by atoms with Crippen LogP contribution in [0.1, 0.15) is 22.3 Å². The van der Waals surface area contributed by atoms with Crippen LogP contribution in [0.4, 0.5) is 24.7 Å². The first-order valence-electron chi connectivity index (χ1n) is 11.0. The van der Waals surface area contributed by atoms with Gasteiger partial charge in [0, 0.05) is 31.5 Å². The minimum Gasteiger partial charge on any atom is -0.406 e. The molecule has 2 N–H and O–H groups in total. The number of amides is 1. The van der Waals surface area contributed by atoms with Gasteiger partial charge >= 0.3 is 6.36 Å². The van der Waals surface area contributed by atoms with Gasteiger partial charge in [0.2, 0.25) is 0 Å². The van der Waals surface area contributed by atoms with E-state index in [2.05, 4.69) is 25.3 Å². The Bertz CT molecular complexity index is 1120. The van der Waals surface area contributed by atoms with Crippen LogP contribution in [0, 0.1) is 6.92 Å². The summed E-state index contributed by atoms with van der Waals surface area (Å²) in [6.07, 6.45) is -2.13. The molecule has 1 amide bonds. The van der Waals surface area contributed by atoms with Gasteiger partial charge in [-0.2, -0.15) is 0 Å². The molecule has 1 aromatic heterocycles. The lowest BCUT2D eigenvalue weighted by Gasteiger charge is -2.21. The number of nitrogens with one attached hydrogen (secondary N) is 2. The maximum Gasteiger partial charge on any atom is 0.573 e. The van der Waals surface area contributed by atoms with Crippen molar-refractivity contribution in [3.05, 3.63) is 71.9 Å². The molecule has 1 aliphatic heterocycles. The minimum absolute atomic E-state index is 0.286. The second kappa shape index (κ2) is 10.1. The summed E-state index contributed by atoms with van der Waals surface area (Å²) in [5.74, 6) is 0.271. The summed E-state index contributed by atoms with van der Waals surface area (Å²) in [6.45, 7) is 5.52. The number of rotatable bonds is 5. The molecule has 178 valence electrons. The van der Waals surface area contributed by atoms with Gasteiger partial charge in [-0.05, 0) is 66.9 Å². The maximum atomic E-state index is 12.8. The molecule has 1 aliphatic rings. The van der Waals surface area contributed by atoms with Crippen LogP contribution in [0.15, 0.2) is 60.8 Å². The van der Waals surface area contributed by atoms with Gasteiger partial charge < -0.3 is 20.3 Å². The van der Waals surface area contributed by atoms with Crippen molar-refractivity contribution in [2.75, 3.05) is 36.4 Å². The standard InChI is InChI=1S/C25H25F3N4O2/c1-17-21(18-6-9-20(10-7-18)34-25(26,27)28)4-2-5-22(17)31-24(33)19-8-11-23(30-16-19)32-14-3-12-29-13-15-32/h2,4-11,16,29H,3,12-15H2,1H3,(H,31,33). The van der Waals surface area contributed by atoms with E-state index in [1.165, 1.54) is 12.1 Å². The Hall–Kier alpha value is -3.59. The van der Waals surface area contributed by atoms with Crippen LogP contribution in [0.3, 0.4) is 0 Å². The van der Waals surface area contributed by atoms with E-state index in [1.807, 2.05) is 19.1 Å². The summed E-state index contributed by atoms with van der Waals surface area (Å²) in [4.78, 5) is 19.5. The van der Waals surface area contributed by atoms with Gasteiger partial charge in [-0.15, -0.1) is 13.2 Å². The lowest BCUT2D eigenvalue weighted by atomic mass is 9.99. The highest BCUT2D eigenvalue weighted by atomic mass is 19.4. The van der Waals surface area contributed by atoms with Gasteiger partial charge in [0.05, 0.1) is 5.56 Å². The number of hydrogen-bond acceptors (Lipinski definition) is 5. The second-order valence-corrected chi connectivity index (χ2v) is 8.00. The van der Waals surface area contributed by atoms with E-state index >= 15 is 0 Å². The largest absolute Gasteiger partial charge is 0.573 e. The van der Waals surface area contributed by atoms with Gasteiger partial charge in [0.15, 0.2) is 0 Å². The van der Waals surface area contributed by atoms with Gasteiger partial charge in [0.1, 0.15) is 11.6 Å². The zero-order valence-corrected chi connectivity index (χ0v) is 18.7. The van der Waals surface area contributed by atoms with Crippen molar-refractivity contribution < 1.29 is 22.7 Å². The van der Waals surface area contributed by atoms with Crippen LogP contribution in [0.2, 0.25) is 0 Å². The molecule has 4 rings (SSSR count). The van der Waals surface area contributed by atoms with E-state index in [4.69, 9.17) is 0 Å². The van der Waals surface area contributed by atoms with Crippen molar-refractivity contribution in [1.29, 1.82) is 0 Å². The third-order valence-electron chi connectivity index (χ3n) is 5.66. The van der Waals surface area contributed by atoms with Crippen molar-refractivity contribution in [1.82, 2.24) is 10.3 Å². The fourth-order valence-corrected chi connectivity index (χ4v) is 3.90. The van der Waals surface area contributed by atoms with Crippen molar-refractivity contribution in [2.24, 2.45) is 0 Å². The van der Waals surface area contributed by atoms with Crippen molar-refractivity contribution in [2.45, 2.75) is 19.7 Å². The van der Waals surface area contributed by atoms with Crippen LogP contribution in [0.5, 0.6) is 5.75 Å². The van der Waals surface area contributed by atoms with Gasteiger partial charge in [0.25, 0.3) is 5.91 Å². The number of carbonyl (C=O) groups is 1. The Kier molecular flexibility index (Phi) is 7.02. The summed E-state index contributed by atoms with van der Waals surface area (Å²) in [7, 11) is 0. The van der Waals surface area contributed by atoms with Gasteiger partial charge in [-0.3, -0.25) is 4.79 Å². The minimum atomic E-state index is -4.74. The zero-order chi connectivity index (χ0) is 24.1. The number of alkyl halides is 3. The van der Waals surface area contributed by atoms with E-state index in [-0.39, 0.29) is 11.7 Å². The molecule has 3 aromatic rings. The molecule has 2 aromatic carbocycles. The maximum absolute atomic E-state index is 12.8. The summed E-state index contributed by atoms with van der Waals surface area (Å²) in [5.41, 5.74) is 3.35. The number of aromatic nitrogens is 1. The zero-order valence-electron chi connectivity index (χ0n) is 18.7. The average molecular weight is 470 g/mol.